The number of ether oxygens (including phenoxy) is 1. The van der Waals surface area contributed by atoms with E-state index in [2.05, 4.69) is 29.7 Å². The van der Waals surface area contributed by atoms with Gasteiger partial charge >= 0.3 is 0 Å². The monoisotopic (exact) mass is 286 g/mol. The summed E-state index contributed by atoms with van der Waals surface area (Å²) in [6.07, 6.45) is 3.88. The minimum Gasteiger partial charge on any atom is -0.493 e. The van der Waals surface area contributed by atoms with Gasteiger partial charge in [-0.25, -0.2) is 4.58 Å². The first-order chi connectivity index (χ1) is 10.2. The van der Waals surface area contributed by atoms with Crippen LogP contribution in [0.3, 0.4) is 0 Å². The molecule has 1 aliphatic heterocycles. The Morgan fingerprint density at radius 2 is 1.76 bits per heavy atom. The van der Waals surface area contributed by atoms with Crippen LogP contribution < -0.4 is 14.7 Å². The third-order valence-electron chi connectivity index (χ3n) is 4.26. The average Bonchev–Trinajstić information content (AvgIpc) is 2.68. The van der Waals surface area contributed by atoms with E-state index in [1.54, 1.807) is 0 Å². The van der Waals surface area contributed by atoms with Crippen LogP contribution in [0.1, 0.15) is 37.7 Å². The molecule has 3 heteroatoms. The maximum atomic E-state index is 5.92. The molecule has 0 saturated carbocycles. The van der Waals surface area contributed by atoms with Crippen molar-refractivity contribution in [2.45, 2.75) is 40.0 Å². The molecule has 2 heterocycles. The van der Waals surface area contributed by atoms with Crippen LogP contribution >= 0.6 is 0 Å². The van der Waals surface area contributed by atoms with E-state index in [0.29, 0.717) is 6.61 Å². The SMILES string of the molecule is CCOc1cccc(=[N+]2CCCCC2)c2c(C)oc(C)c12. The summed E-state index contributed by atoms with van der Waals surface area (Å²) in [6.45, 7) is 9.03. The highest BCUT2D eigenvalue weighted by atomic mass is 16.5. The van der Waals surface area contributed by atoms with Crippen LogP contribution in [0.4, 0.5) is 0 Å². The molecule has 3 nitrogen and oxygen atoms in total. The smallest absolute Gasteiger partial charge is 0.211 e. The fourth-order valence-electron chi connectivity index (χ4n) is 3.36. The van der Waals surface area contributed by atoms with Gasteiger partial charge in [0.1, 0.15) is 30.4 Å². The van der Waals surface area contributed by atoms with Crippen LogP contribution in [0.25, 0.3) is 10.8 Å². The molecule has 0 amide bonds. The first-order valence-corrected chi connectivity index (χ1v) is 7.96. The molecule has 1 aromatic heterocycles. The fraction of sp³-hybridized carbons (Fsp3) is 0.500. The van der Waals surface area contributed by atoms with E-state index in [-0.39, 0.29) is 0 Å². The van der Waals surface area contributed by atoms with Crippen molar-refractivity contribution >= 4 is 10.8 Å². The minimum absolute atomic E-state index is 0.668. The quantitative estimate of drug-likeness (QED) is 0.791. The Balaban J connectivity index is 2.40. The minimum atomic E-state index is 0.668. The van der Waals surface area contributed by atoms with E-state index in [1.165, 1.54) is 30.0 Å². The van der Waals surface area contributed by atoms with Gasteiger partial charge in [-0.15, -0.1) is 0 Å². The molecule has 0 unspecified atom stereocenters. The Labute approximate surface area is 125 Å². The van der Waals surface area contributed by atoms with Crippen molar-refractivity contribution in [1.29, 1.82) is 0 Å². The van der Waals surface area contributed by atoms with Gasteiger partial charge in [-0.3, -0.25) is 0 Å². The molecule has 21 heavy (non-hydrogen) atoms. The second-order valence-electron chi connectivity index (χ2n) is 5.72. The molecular formula is C18H24NO2+. The van der Waals surface area contributed by atoms with Gasteiger partial charge in [0.25, 0.3) is 0 Å². The maximum absolute atomic E-state index is 5.92. The van der Waals surface area contributed by atoms with Crippen molar-refractivity contribution in [3.8, 4) is 5.75 Å². The number of furan rings is 1. The standard InChI is InChI=1S/C18H24NO2/c1-4-20-16-10-8-9-15(19-11-6-5-7-12-19)17-13(2)21-14(3)18(16)17/h8-10H,4-7,11-12H2,1-3H3/q+1. The predicted molar refractivity (Wildman–Crippen MR) is 85.7 cm³/mol. The lowest BCUT2D eigenvalue weighted by molar-refractivity contribution is 0.344. The molecule has 0 bridgehead atoms. The highest BCUT2D eigenvalue weighted by molar-refractivity contribution is 5.91. The topological polar surface area (TPSA) is 25.4 Å². The third kappa shape index (κ3) is 2.57. The first kappa shape index (κ1) is 14.2. The number of nitrogens with zero attached hydrogens (tertiary/aromatic N) is 1. The van der Waals surface area contributed by atoms with Crippen molar-refractivity contribution < 1.29 is 9.15 Å². The fourth-order valence-corrected chi connectivity index (χ4v) is 3.36. The van der Waals surface area contributed by atoms with Gasteiger partial charge < -0.3 is 9.15 Å². The molecule has 1 fully saturated rings. The lowest BCUT2D eigenvalue weighted by atomic mass is 10.1. The first-order valence-electron chi connectivity index (χ1n) is 7.96. The Morgan fingerprint density at radius 3 is 2.48 bits per heavy atom. The zero-order chi connectivity index (χ0) is 14.8. The summed E-state index contributed by atoms with van der Waals surface area (Å²) in [4.78, 5) is 0. The Kier molecular flexibility index (Phi) is 4.00. The van der Waals surface area contributed by atoms with Gasteiger partial charge in [-0.1, -0.05) is 6.07 Å². The molecule has 1 aromatic carbocycles. The summed E-state index contributed by atoms with van der Waals surface area (Å²) in [6, 6.07) is 6.37. The van der Waals surface area contributed by atoms with Gasteiger partial charge in [-0.2, -0.15) is 0 Å². The molecule has 0 N–H and O–H groups in total. The number of aryl methyl sites for hydroxylation is 2. The lowest BCUT2D eigenvalue weighted by Gasteiger charge is -2.09. The van der Waals surface area contributed by atoms with Crippen LogP contribution in [0.2, 0.25) is 0 Å². The molecule has 2 aromatic rings. The Bertz CT molecular complexity index is 720. The van der Waals surface area contributed by atoms with E-state index in [9.17, 15) is 0 Å². The second kappa shape index (κ2) is 5.92. The zero-order valence-electron chi connectivity index (χ0n) is 13.2. The summed E-state index contributed by atoms with van der Waals surface area (Å²) < 4.78 is 14.2. The highest BCUT2D eigenvalue weighted by Gasteiger charge is 2.19. The molecule has 0 radical (unpaired) electrons. The molecule has 0 aliphatic carbocycles. The number of hydrogen-bond donors (Lipinski definition) is 0. The molecule has 0 spiro atoms. The summed E-state index contributed by atoms with van der Waals surface area (Å²) in [5, 5.41) is 3.62. The van der Waals surface area contributed by atoms with E-state index >= 15 is 0 Å². The summed E-state index contributed by atoms with van der Waals surface area (Å²) in [5.41, 5.74) is 0. The van der Waals surface area contributed by atoms with Crippen molar-refractivity contribution in [3.05, 3.63) is 35.1 Å². The molecule has 1 aliphatic rings. The third-order valence-corrected chi connectivity index (χ3v) is 4.26. The average molecular weight is 286 g/mol. The molecule has 3 rings (SSSR count). The Morgan fingerprint density at radius 1 is 1.05 bits per heavy atom. The van der Waals surface area contributed by atoms with Crippen molar-refractivity contribution in [3.63, 3.8) is 0 Å². The molecule has 112 valence electrons. The highest BCUT2D eigenvalue weighted by Crippen LogP contribution is 2.30. The molecule has 0 atom stereocenters. The summed E-state index contributed by atoms with van der Waals surface area (Å²) in [7, 11) is 0. The van der Waals surface area contributed by atoms with Crippen LogP contribution in [0.5, 0.6) is 5.75 Å². The number of rotatable bonds is 2. The van der Waals surface area contributed by atoms with Gasteiger partial charge in [-0.05, 0) is 33.3 Å². The van der Waals surface area contributed by atoms with E-state index in [1.807, 2.05) is 13.8 Å². The number of hydrogen-bond acceptors (Lipinski definition) is 2. The molecular weight excluding hydrogens is 262 g/mol. The van der Waals surface area contributed by atoms with Crippen LogP contribution in [-0.2, 0) is 0 Å². The van der Waals surface area contributed by atoms with Gasteiger partial charge in [0.2, 0.25) is 5.36 Å². The zero-order valence-corrected chi connectivity index (χ0v) is 13.2. The van der Waals surface area contributed by atoms with E-state index in [4.69, 9.17) is 9.15 Å². The van der Waals surface area contributed by atoms with Crippen molar-refractivity contribution in [2.24, 2.45) is 0 Å². The lowest BCUT2D eigenvalue weighted by Crippen LogP contribution is -2.34. The molecule has 1 saturated heterocycles. The largest absolute Gasteiger partial charge is 0.493 e. The van der Waals surface area contributed by atoms with Gasteiger partial charge in [0.15, 0.2) is 0 Å². The van der Waals surface area contributed by atoms with Crippen LogP contribution in [0.15, 0.2) is 22.6 Å². The van der Waals surface area contributed by atoms with E-state index in [0.717, 1.165) is 35.7 Å². The normalized spacial score (nSPS) is 15.5. The van der Waals surface area contributed by atoms with Gasteiger partial charge in [0.05, 0.1) is 17.4 Å². The number of piperidine rings is 1. The van der Waals surface area contributed by atoms with Crippen molar-refractivity contribution in [2.75, 3.05) is 19.7 Å². The van der Waals surface area contributed by atoms with Gasteiger partial charge in [0, 0.05) is 18.9 Å². The Hall–Kier alpha value is -1.77. The number of fused-ring (bicyclic) bond motifs is 1. The van der Waals surface area contributed by atoms with Crippen LogP contribution in [0, 0.1) is 13.8 Å². The van der Waals surface area contributed by atoms with E-state index < -0.39 is 0 Å². The van der Waals surface area contributed by atoms with Crippen LogP contribution in [-0.4, -0.2) is 19.7 Å². The maximum Gasteiger partial charge on any atom is 0.211 e. The predicted octanol–water partition coefficient (Wildman–Crippen LogP) is 3.40. The second-order valence-corrected chi connectivity index (χ2v) is 5.72. The van der Waals surface area contributed by atoms with Crippen molar-refractivity contribution in [1.82, 2.24) is 4.58 Å². The summed E-state index contributed by atoms with van der Waals surface area (Å²) >= 11 is 0. The summed E-state index contributed by atoms with van der Waals surface area (Å²) in [5.74, 6) is 2.85.